The zero-order valence-corrected chi connectivity index (χ0v) is 12.7. The number of rotatable bonds is 4. The van der Waals surface area contributed by atoms with Crippen molar-refractivity contribution < 1.29 is 18.7 Å². The number of carbonyl (C=O) groups excluding carboxylic acids is 2. The third-order valence-corrected chi connectivity index (χ3v) is 3.43. The summed E-state index contributed by atoms with van der Waals surface area (Å²) in [5, 5.41) is 4.72. The molecule has 3 aromatic carbocycles. The molecule has 0 bridgehead atoms. The van der Waals surface area contributed by atoms with Gasteiger partial charge in [-0.2, -0.15) is 0 Å². The molecule has 0 saturated carbocycles. The lowest BCUT2D eigenvalue weighted by atomic mass is 10.1. The number of hydrogen-bond acceptors (Lipinski definition) is 3. The Balaban J connectivity index is 1.59. The molecule has 1 N–H and O–H groups in total. The van der Waals surface area contributed by atoms with Gasteiger partial charge in [-0.05, 0) is 41.1 Å². The molecule has 120 valence electrons. The van der Waals surface area contributed by atoms with Crippen LogP contribution < -0.4 is 5.32 Å². The summed E-state index contributed by atoms with van der Waals surface area (Å²) in [7, 11) is 0. The first-order valence-corrected chi connectivity index (χ1v) is 7.33. The highest BCUT2D eigenvalue weighted by Crippen LogP contribution is 2.18. The molecule has 0 unspecified atom stereocenters. The van der Waals surface area contributed by atoms with E-state index >= 15 is 0 Å². The van der Waals surface area contributed by atoms with Crippen molar-refractivity contribution in [3.8, 4) is 0 Å². The van der Waals surface area contributed by atoms with E-state index < -0.39 is 24.3 Å². The van der Waals surface area contributed by atoms with Gasteiger partial charge in [-0.25, -0.2) is 9.18 Å². The van der Waals surface area contributed by atoms with Gasteiger partial charge >= 0.3 is 5.97 Å². The number of benzene rings is 3. The van der Waals surface area contributed by atoms with Gasteiger partial charge in [0.1, 0.15) is 5.82 Å². The molecular weight excluding hydrogens is 309 g/mol. The molecule has 3 aromatic rings. The van der Waals surface area contributed by atoms with Gasteiger partial charge in [0, 0.05) is 5.69 Å². The highest BCUT2D eigenvalue weighted by atomic mass is 19.1. The third-order valence-electron chi connectivity index (χ3n) is 3.43. The van der Waals surface area contributed by atoms with E-state index in [4.69, 9.17) is 4.74 Å². The number of fused-ring (bicyclic) bond motifs is 1. The molecule has 0 fully saturated rings. The quantitative estimate of drug-likeness (QED) is 0.744. The van der Waals surface area contributed by atoms with Gasteiger partial charge in [-0.3, -0.25) is 4.79 Å². The molecule has 0 atom stereocenters. The Labute approximate surface area is 137 Å². The minimum Gasteiger partial charge on any atom is -0.452 e. The molecule has 0 saturated heterocycles. The highest BCUT2D eigenvalue weighted by Gasteiger charge is 2.11. The maximum absolute atomic E-state index is 13.1. The van der Waals surface area contributed by atoms with Gasteiger partial charge in [0.15, 0.2) is 6.61 Å². The first kappa shape index (κ1) is 15.7. The van der Waals surface area contributed by atoms with Crippen LogP contribution in [0.1, 0.15) is 10.4 Å². The van der Waals surface area contributed by atoms with Crippen molar-refractivity contribution in [2.45, 2.75) is 0 Å². The Morgan fingerprint density at radius 2 is 1.71 bits per heavy atom. The molecule has 0 aliphatic carbocycles. The fraction of sp³-hybridized carbons (Fsp3) is 0.0526. The lowest BCUT2D eigenvalue weighted by molar-refractivity contribution is -0.119. The topological polar surface area (TPSA) is 55.4 Å². The second kappa shape index (κ2) is 6.91. The van der Waals surface area contributed by atoms with Gasteiger partial charge in [-0.1, -0.05) is 36.4 Å². The molecule has 0 aliphatic rings. The highest BCUT2D eigenvalue weighted by molar-refractivity contribution is 5.97. The minimum atomic E-state index is -0.747. The van der Waals surface area contributed by atoms with Crippen LogP contribution >= 0.6 is 0 Å². The van der Waals surface area contributed by atoms with E-state index in [9.17, 15) is 14.0 Å². The molecular formula is C19H14FNO3. The van der Waals surface area contributed by atoms with Crippen molar-refractivity contribution in [1.82, 2.24) is 0 Å². The van der Waals surface area contributed by atoms with Crippen LogP contribution in [0.15, 0.2) is 66.7 Å². The van der Waals surface area contributed by atoms with E-state index in [0.717, 1.165) is 16.8 Å². The molecule has 3 rings (SSSR count). The summed E-state index contributed by atoms with van der Waals surface area (Å²) in [6, 6.07) is 18.4. The summed E-state index contributed by atoms with van der Waals surface area (Å²) >= 11 is 0. The summed E-state index contributed by atoms with van der Waals surface area (Å²) in [4.78, 5) is 23.6. The van der Waals surface area contributed by atoms with Gasteiger partial charge in [0.05, 0.1) is 5.56 Å². The van der Waals surface area contributed by atoms with Crippen molar-refractivity contribution in [2.24, 2.45) is 0 Å². The first-order chi connectivity index (χ1) is 11.6. The summed E-state index contributed by atoms with van der Waals surface area (Å²) in [6.07, 6.45) is 0. The zero-order valence-electron chi connectivity index (χ0n) is 12.7. The van der Waals surface area contributed by atoms with Crippen molar-refractivity contribution in [3.05, 3.63) is 78.1 Å². The van der Waals surface area contributed by atoms with Crippen LogP contribution in [0.3, 0.4) is 0 Å². The number of hydrogen-bond donors (Lipinski definition) is 1. The first-order valence-electron chi connectivity index (χ1n) is 7.33. The van der Waals surface area contributed by atoms with Crippen LogP contribution in [0.25, 0.3) is 10.8 Å². The largest absolute Gasteiger partial charge is 0.452 e. The lowest BCUT2D eigenvalue weighted by Crippen LogP contribution is -2.20. The monoisotopic (exact) mass is 323 g/mol. The summed E-state index contributed by atoms with van der Waals surface area (Å²) < 4.78 is 17.9. The van der Waals surface area contributed by atoms with E-state index in [1.165, 1.54) is 18.2 Å². The number of amides is 1. The number of ether oxygens (including phenoxy) is 1. The SMILES string of the molecule is O=C(COC(=O)c1cccc(F)c1)Nc1ccc2ccccc2c1. The molecule has 0 heterocycles. The Kier molecular flexibility index (Phi) is 4.52. The third kappa shape index (κ3) is 3.76. The molecule has 0 aliphatic heterocycles. The average molecular weight is 323 g/mol. The zero-order chi connectivity index (χ0) is 16.9. The van der Waals surface area contributed by atoms with Gasteiger partial charge in [0.25, 0.3) is 5.91 Å². The van der Waals surface area contributed by atoms with E-state index in [0.29, 0.717) is 5.69 Å². The molecule has 1 amide bonds. The Morgan fingerprint density at radius 3 is 2.50 bits per heavy atom. The van der Waals surface area contributed by atoms with Crippen LogP contribution in [-0.4, -0.2) is 18.5 Å². The predicted molar refractivity (Wildman–Crippen MR) is 89.3 cm³/mol. The van der Waals surface area contributed by atoms with Gasteiger partial charge in [0.2, 0.25) is 0 Å². The molecule has 4 nitrogen and oxygen atoms in total. The molecule has 24 heavy (non-hydrogen) atoms. The fourth-order valence-electron chi connectivity index (χ4n) is 2.29. The second-order valence-electron chi connectivity index (χ2n) is 5.20. The van der Waals surface area contributed by atoms with Crippen molar-refractivity contribution >= 4 is 28.3 Å². The van der Waals surface area contributed by atoms with E-state index in [1.54, 1.807) is 6.07 Å². The molecule has 0 spiro atoms. The molecule has 5 heteroatoms. The predicted octanol–water partition coefficient (Wildman–Crippen LogP) is 3.77. The molecule has 0 radical (unpaired) electrons. The Hall–Kier alpha value is -3.21. The van der Waals surface area contributed by atoms with Crippen molar-refractivity contribution in [1.29, 1.82) is 0 Å². The minimum absolute atomic E-state index is 0.0634. The average Bonchev–Trinajstić information content (AvgIpc) is 2.59. The van der Waals surface area contributed by atoms with Crippen LogP contribution in [0, 0.1) is 5.82 Å². The standard InChI is InChI=1S/C19H14FNO3/c20-16-7-3-6-15(10-16)19(23)24-12-18(22)21-17-9-8-13-4-1-2-5-14(13)11-17/h1-11H,12H2,(H,21,22). The maximum Gasteiger partial charge on any atom is 0.338 e. The Morgan fingerprint density at radius 1 is 0.917 bits per heavy atom. The maximum atomic E-state index is 13.1. The lowest BCUT2D eigenvalue weighted by Gasteiger charge is -2.08. The summed E-state index contributed by atoms with van der Waals surface area (Å²) in [6.45, 7) is -0.442. The number of esters is 1. The van der Waals surface area contributed by atoms with Crippen LogP contribution in [-0.2, 0) is 9.53 Å². The number of anilines is 1. The van der Waals surface area contributed by atoms with Gasteiger partial charge in [-0.15, -0.1) is 0 Å². The normalized spacial score (nSPS) is 10.4. The van der Waals surface area contributed by atoms with Crippen molar-refractivity contribution in [3.63, 3.8) is 0 Å². The van der Waals surface area contributed by atoms with Crippen LogP contribution in [0.5, 0.6) is 0 Å². The number of carbonyl (C=O) groups is 2. The Bertz CT molecular complexity index is 908. The van der Waals surface area contributed by atoms with Crippen molar-refractivity contribution in [2.75, 3.05) is 11.9 Å². The van der Waals surface area contributed by atoms with Crippen LogP contribution in [0.4, 0.5) is 10.1 Å². The van der Waals surface area contributed by atoms with E-state index in [1.807, 2.05) is 36.4 Å². The van der Waals surface area contributed by atoms with Gasteiger partial charge < -0.3 is 10.1 Å². The van der Waals surface area contributed by atoms with E-state index in [-0.39, 0.29) is 5.56 Å². The second-order valence-corrected chi connectivity index (χ2v) is 5.20. The van der Waals surface area contributed by atoms with E-state index in [2.05, 4.69) is 5.32 Å². The number of nitrogens with one attached hydrogen (secondary N) is 1. The summed E-state index contributed by atoms with van der Waals surface area (Å²) in [5.74, 6) is -1.75. The molecule has 0 aromatic heterocycles. The van der Waals surface area contributed by atoms with Crippen LogP contribution in [0.2, 0.25) is 0 Å². The smallest absolute Gasteiger partial charge is 0.338 e. The number of halogens is 1. The fourth-order valence-corrected chi connectivity index (χ4v) is 2.29. The summed E-state index contributed by atoms with van der Waals surface area (Å²) in [5.41, 5.74) is 0.675.